The zero-order chi connectivity index (χ0) is 25.3. The summed E-state index contributed by atoms with van der Waals surface area (Å²) >= 11 is 0. The van der Waals surface area contributed by atoms with Crippen molar-refractivity contribution in [3.8, 4) is 0 Å². The number of nitrogens with zero attached hydrogens (tertiary/aromatic N) is 3. The molecular formula is C21H22N6O7. The molecule has 0 aliphatic rings. The van der Waals surface area contributed by atoms with Crippen LogP contribution in [0.5, 0.6) is 0 Å². The molecule has 2 rings (SSSR count). The predicted octanol–water partition coefficient (Wildman–Crippen LogP) is 0.797. The summed E-state index contributed by atoms with van der Waals surface area (Å²) in [4.78, 5) is 62.3. The molecule has 0 bridgehead atoms. The fourth-order valence-electron chi connectivity index (χ4n) is 2.98. The molecule has 0 radical (unpaired) electrons. The number of nitrogens with one attached hydrogen (secondary N) is 3. The van der Waals surface area contributed by atoms with Gasteiger partial charge in [0, 0.05) is 23.1 Å². The van der Waals surface area contributed by atoms with Crippen molar-refractivity contribution in [2.75, 3.05) is 6.54 Å². The number of azide groups is 1. The van der Waals surface area contributed by atoms with Crippen LogP contribution in [0.25, 0.3) is 21.2 Å². The van der Waals surface area contributed by atoms with E-state index in [9.17, 15) is 29.1 Å². The van der Waals surface area contributed by atoms with Gasteiger partial charge in [0.2, 0.25) is 11.9 Å². The third kappa shape index (κ3) is 7.21. The summed E-state index contributed by atoms with van der Waals surface area (Å²) in [7, 11) is 0. The van der Waals surface area contributed by atoms with E-state index in [1.807, 2.05) is 12.1 Å². The minimum Gasteiger partial charge on any atom is -0.481 e. The molecule has 0 aliphatic carbocycles. The molecule has 0 saturated carbocycles. The number of hydrogen-bond acceptors (Lipinski definition) is 6. The molecule has 0 aliphatic heterocycles. The van der Waals surface area contributed by atoms with E-state index in [1.54, 1.807) is 24.3 Å². The van der Waals surface area contributed by atoms with Crippen molar-refractivity contribution in [3.63, 3.8) is 0 Å². The fourth-order valence-corrected chi connectivity index (χ4v) is 2.98. The largest absolute Gasteiger partial charge is 0.481 e. The van der Waals surface area contributed by atoms with Crippen molar-refractivity contribution in [2.45, 2.75) is 31.5 Å². The molecule has 3 amide bonds. The summed E-state index contributed by atoms with van der Waals surface area (Å²) in [5.74, 6) is -5.70. The van der Waals surface area contributed by atoms with E-state index in [0.717, 1.165) is 10.8 Å². The number of carbonyl (C=O) groups is 5. The number of carboxylic acids is 2. The standard InChI is InChI=1S/C21H22N6O7/c1-11(18(30)25-15(9-16(28)29)10-23-27-22)24-20(32)17(21(33)34)26-19(31)14-7-6-12-4-2-3-5-13(12)8-14/h2-8,11,15,17H,9-10H2,1H3,(H,24,32)(H,25,30)(H,26,31)(H,28,29)(H,33,34)/t11-,15-,17?/m0/s1. The monoisotopic (exact) mass is 470 g/mol. The van der Waals surface area contributed by atoms with Crippen LogP contribution in [0, 0.1) is 0 Å². The van der Waals surface area contributed by atoms with Crippen molar-refractivity contribution in [1.82, 2.24) is 16.0 Å². The number of aliphatic carboxylic acids is 2. The van der Waals surface area contributed by atoms with Gasteiger partial charge in [0.15, 0.2) is 0 Å². The molecule has 13 nitrogen and oxygen atoms in total. The minimum absolute atomic E-state index is 0.137. The average molecular weight is 470 g/mol. The SMILES string of the molecule is C[C@H](NC(=O)C(NC(=O)c1ccc2ccccc2c1)C(=O)O)C(=O)N[C@H](CN=[N+]=[N-])CC(=O)O. The Labute approximate surface area is 192 Å². The first-order valence-corrected chi connectivity index (χ1v) is 9.98. The fraction of sp³-hybridized carbons (Fsp3) is 0.286. The van der Waals surface area contributed by atoms with E-state index in [1.165, 1.54) is 13.0 Å². The second-order valence-corrected chi connectivity index (χ2v) is 7.25. The number of carboxylic acid groups (broad SMARTS) is 2. The second kappa shape index (κ2) is 11.8. The summed E-state index contributed by atoms with van der Waals surface area (Å²) in [5, 5.41) is 29.7. The third-order valence-electron chi connectivity index (χ3n) is 4.68. The highest BCUT2D eigenvalue weighted by molar-refractivity contribution is 6.08. The van der Waals surface area contributed by atoms with Crippen molar-refractivity contribution in [1.29, 1.82) is 0 Å². The van der Waals surface area contributed by atoms with Gasteiger partial charge < -0.3 is 26.2 Å². The van der Waals surface area contributed by atoms with Crippen LogP contribution in [0.15, 0.2) is 47.6 Å². The Morgan fingerprint density at radius 3 is 2.26 bits per heavy atom. The van der Waals surface area contributed by atoms with Crippen molar-refractivity contribution in [2.24, 2.45) is 5.11 Å². The van der Waals surface area contributed by atoms with Gasteiger partial charge in [-0.15, -0.1) is 0 Å². The molecule has 0 spiro atoms. The first-order chi connectivity index (χ1) is 16.1. The maximum absolute atomic E-state index is 12.5. The van der Waals surface area contributed by atoms with E-state index < -0.39 is 54.2 Å². The lowest BCUT2D eigenvalue weighted by atomic mass is 10.1. The van der Waals surface area contributed by atoms with Gasteiger partial charge >= 0.3 is 11.9 Å². The van der Waals surface area contributed by atoms with Crippen LogP contribution in [-0.2, 0) is 19.2 Å². The lowest BCUT2D eigenvalue weighted by Crippen LogP contribution is -2.56. The molecule has 5 N–H and O–H groups in total. The highest BCUT2D eigenvalue weighted by Crippen LogP contribution is 2.15. The zero-order valence-corrected chi connectivity index (χ0v) is 18.0. The third-order valence-corrected chi connectivity index (χ3v) is 4.68. The van der Waals surface area contributed by atoms with Gasteiger partial charge in [-0.3, -0.25) is 19.2 Å². The second-order valence-electron chi connectivity index (χ2n) is 7.25. The van der Waals surface area contributed by atoms with Crippen LogP contribution >= 0.6 is 0 Å². The summed E-state index contributed by atoms with van der Waals surface area (Å²) in [6, 6.07) is 7.60. The van der Waals surface area contributed by atoms with Gasteiger partial charge in [-0.05, 0) is 35.4 Å². The highest BCUT2D eigenvalue weighted by Gasteiger charge is 2.31. The van der Waals surface area contributed by atoms with Crippen LogP contribution in [0.2, 0.25) is 0 Å². The van der Waals surface area contributed by atoms with E-state index in [0.29, 0.717) is 0 Å². The molecule has 0 fully saturated rings. The Bertz CT molecular complexity index is 1160. The molecule has 0 aromatic heterocycles. The Balaban J connectivity index is 2.05. The minimum atomic E-state index is -1.99. The van der Waals surface area contributed by atoms with Gasteiger partial charge in [-0.1, -0.05) is 35.4 Å². The normalized spacial score (nSPS) is 13.0. The molecule has 0 saturated heterocycles. The number of amides is 3. The van der Waals surface area contributed by atoms with Crippen LogP contribution in [0.1, 0.15) is 23.7 Å². The Morgan fingerprint density at radius 2 is 1.65 bits per heavy atom. The van der Waals surface area contributed by atoms with Gasteiger partial charge in [-0.2, -0.15) is 0 Å². The molecule has 2 aromatic rings. The quantitative estimate of drug-likeness (QED) is 0.138. The first kappa shape index (κ1) is 25.6. The highest BCUT2D eigenvalue weighted by atomic mass is 16.4. The molecule has 0 heterocycles. The van der Waals surface area contributed by atoms with Crippen LogP contribution in [0.3, 0.4) is 0 Å². The number of benzene rings is 2. The molecular weight excluding hydrogens is 448 g/mol. The number of rotatable bonds is 11. The summed E-state index contributed by atoms with van der Waals surface area (Å²) < 4.78 is 0. The van der Waals surface area contributed by atoms with Crippen molar-refractivity contribution < 1.29 is 34.2 Å². The van der Waals surface area contributed by atoms with Crippen LogP contribution in [-0.4, -0.2) is 64.5 Å². The van der Waals surface area contributed by atoms with E-state index in [4.69, 9.17) is 10.6 Å². The molecule has 2 aromatic carbocycles. The average Bonchev–Trinajstić information content (AvgIpc) is 2.79. The van der Waals surface area contributed by atoms with Crippen molar-refractivity contribution in [3.05, 3.63) is 58.5 Å². The summed E-state index contributed by atoms with van der Waals surface area (Å²) in [5.41, 5.74) is 8.52. The van der Waals surface area contributed by atoms with Crippen LogP contribution in [0.4, 0.5) is 0 Å². The summed E-state index contributed by atoms with van der Waals surface area (Å²) in [6.07, 6.45) is -0.537. The van der Waals surface area contributed by atoms with Gasteiger partial charge in [0.25, 0.3) is 11.8 Å². The Kier molecular flexibility index (Phi) is 8.91. The Morgan fingerprint density at radius 1 is 0.971 bits per heavy atom. The number of hydrogen-bond donors (Lipinski definition) is 5. The topological polar surface area (TPSA) is 211 Å². The van der Waals surface area contributed by atoms with Crippen molar-refractivity contribution >= 4 is 40.4 Å². The molecule has 178 valence electrons. The van der Waals surface area contributed by atoms with E-state index in [2.05, 4.69) is 26.0 Å². The summed E-state index contributed by atoms with van der Waals surface area (Å²) in [6.45, 7) is 0.900. The zero-order valence-electron chi connectivity index (χ0n) is 18.0. The molecule has 13 heteroatoms. The van der Waals surface area contributed by atoms with Gasteiger partial charge in [-0.25, -0.2) is 4.79 Å². The maximum Gasteiger partial charge on any atom is 0.336 e. The first-order valence-electron chi connectivity index (χ1n) is 9.98. The van der Waals surface area contributed by atoms with Gasteiger partial charge in [0.05, 0.1) is 6.42 Å². The lowest BCUT2D eigenvalue weighted by Gasteiger charge is -2.21. The molecule has 1 unspecified atom stereocenters. The predicted molar refractivity (Wildman–Crippen MR) is 119 cm³/mol. The maximum atomic E-state index is 12.5. The number of carbonyl (C=O) groups excluding carboxylic acids is 3. The Hall–Kier alpha value is -4.64. The number of fused-ring (bicyclic) bond motifs is 1. The molecule has 34 heavy (non-hydrogen) atoms. The smallest absolute Gasteiger partial charge is 0.336 e. The van der Waals surface area contributed by atoms with E-state index >= 15 is 0 Å². The lowest BCUT2D eigenvalue weighted by molar-refractivity contribution is -0.145. The van der Waals surface area contributed by atoms with Crippen LogP contribution < -0.4 is 16.0 Å². The van der Waals surface area contributed by atoms with Gasteiger partial charge in [0.1, 0.15) is 6.04 Å². The molecule has 3 atom stereocenters. The van der Waals surface area contributed by atoms with E-state index in [-0.39, 0.29) is 12.1 Å².